The first kappa shape index (κ1) is 22.6. The minimum atomic E-state index is -1.01. The van der Waals surface area contributed by atoms with Crippen LogP contribution in [0.15, 0.2) is 60.7 Å². The van der Waals surface area contributed by atoms with Crippen LogP contribution in [0, 0.1) is 5.92 Å². The van der Waals surface area contributed by atoms with Gasteiger partial charge in [0.2, 0.25) is 0 Å². The minimum Gasteiger partial charge on any atom is -0.454 e. The molecule has 2 rings (SSSR count). The van der Waals surface area contributed by atoms with E-state index in [1.165, 1.54) is 0 Å². The highest BCUT2D eigenvalue weighted by Crippen LogP contribution is 2.06. The average Bonchev–Trinajstić information content (AvgIpc) is 2.75. The van der Waals surface area contributed by atoms with E-state index in [9.17, 15) is 19.2 Å². The monoisotopic (exact) mass is 412 g/mol. The molecule has 0 aliphatic carbocycles. The highest BCUT2D eigenvalue weighted by molar-refractivity contribution is 6.05. The molecule has 0 saturated carbocycles. The van der Waals surface area contributed by atoms with Gasteiger partial charge >= 0.3 is 12.1 Å². The van der Waals surface area contributed by atoms with Gasteiger partial charge in [-0.1, -0.05) is 62.4 Å². The molecule has 0 aliphatic rings. The number of carbonyl (C=O) groups excluding carboxylic acids is 4. The van der Waals surface area contributed by atoms with Crippen LogP contribution in [0.25, 0.3) is 0 Å². The zero-order chi connectivity index (χ0) is 21.9. The minimum absolute atomic E-state index is 0.0521. The standard InChI is InChI=1S/C22H24N2O6/c1-15(2)19(24-22(28)30-13-16-9-5-3-6-10-16)21(27)29-14-18(25)23-20(26)17-11-7-4-8-12-17/h3-12,15,19H,13-14H2,1-2H3,(H,24,28)(H,23,25,26)/t19-/m0/s1. The summed E-state index contributed by atoms with van der Waals surface area (Å²) in [6.45, 7) is 2.82. The van der Waals surface area contributed by atoms with Crippen LogP contribution in [-0.2, 0) is 25.7 Å². The fraction of sp³-hybridized carbons (Fsp3) is 0.273. The molecule has 2 aromatic carbocycles. The highest BCUT2D eigenvalue weighted by Gasteiger charge is 2.27. The summed E-state index contributed by atoms with van der Waals surface area (Å²) in [7, 11) is 0. The number of rotatable bonds is 8. The number of alkyl carbamates (subject to hydrolysis) is 1. The molecule has 2 N–H and O–H groups in total. The van der Waals surface area contributed by atoms with E-state index in [1.54, 1.807) is 56.3 Å². The molecule has 0 fully saturated rings. The fourth-order valence-corrected chi connectivity index (χ4v) is 2.44. The topological polar surface area (TPSA) is 111 Å². The summed E-state index contributed by atoms with van der Waals surface area (Å²) in [6.07, 6.45) is -0.779. The van der Waals surface area contributed by atoms with Crippen molar-refractivity contribution in [2.45, 2.75) is 26.5 Å². The van der Waals surface area contributed by atoms with E-state index in [0.717, 1.165) is 5.56 Å². The third kappa shape index (κ3) is 7.38. The van der Waals surface area contributed by atoms with Crippen molar-refractivity contribution in [2.24, 2.45) is 5.92 Å². The summed E-state index contributed by atoms with van der Waals surface area (Å²) >= 11 is 0. The van der Waals surface area contributed by atoms with E-state index in [0.29, 0.717) is 5.56 Å². The molecule has 0 heterocycles. The Morgan fingerprint density at radius 1 is 0.867 bits per heavy atom. The van der Waals surface area contributed by atoms with Gasteiger partial charge in [0.15, 0.2) is 6.61 Å². The Labute approximate surface area is 174 Å². The first-order chi connectivity index (χ1) is 14.4. The zero-order valence-electron chi connectivity index (χ0n) is 16.8. The molecule has 0 saturated heterocycles. The maximum Gasteiger partial charge on any atom is 0.408 e. The van der Waals surface area contributed by atoms with Gasteiger partial charge in [-0.2, -0.15) is 0 Å². The molecule has 8 nitrogen and oxygen atoms in total. The quantitative estimate of drug-likeness (QED) is 0.645. The Balaban J connectivity index is 1.80. The Morgan fingerprint density at radius 2 is 1.47 bits per heavy atom. The third-order valence-corrected chi connectivity index (χ3v) is 4.04. The number of carbonyl (C=O) groups is 4. The smallest absolute Gasteiger partial charge is 0.408 e. The molecule has 1 atom stereocenters. The number of imide groups is 1. The molecule has 0 aliphatic heterocycles. The van der Waals surface area contributed by atoms with E-state index >= 15 is 0 Å². The molecule has 3 amide bonds. The van der Waals surface area contributed by atoms with Crippen molar-refractivity contribution in [3.8, 4) is 0 Å². The van der Waals surface area contributed by atoms with Gasteiger partial charge < -0.3 is 14.8 Å². The molecule has 0 bridgehead atoms. The highest BCUT2D eigenvalue weighted by atomic mass is 16.6. The van der Waals surface area contributed by atoms with Crippen molar-refractivity contribution in [3.05, 3.63) is 71.8 Å². The van der Waals surface area contributed by atoms with Crippen molar-refractivity contribution < 1.29 is 28.7 Å². The normalized spacial score (nSPS) is 11.3. The molecule has 0 aromatic heterocycles. The maximum absolute atomic E-state index is 12.3. The molecule has 0 unspecified atom stereocenters. The summed E-state index contributed by atoms with van der Waals surface area (Å²) in [5, 5.41) is 4.57. The largest absolute Gasteiger partial charge is 0.454 e. The predicted octanol–water partition coefficient (Wildman–Crippen LogP) is 2.44. The van der Waals surface area contributed by atoms with Crippen LogP contribution in [0.4, 0.5) is 4.79 Å². The van der Waals surface area contributed by atoms with Crippen molar-refractivity contribution >= 4 is 23.9 Å². The van der Waals surface area contributed by atoms with E-state index in [1.807, 2.05) is 18.2 Å². The first-order valence-electron chi connectivity index (χ1n) is 9.40. The van der Waals surface area contributed by atoms with Crippen LogP contribution in [-0.4, -0.2) is 36.5 Å². The van der Waals surface area contributed by atoms with Gasteiger partial charge in [0.05, 0.1) is 0 Å². The predicted molar refractivity (Wildman–Crippen MR) is 108 cm³/mol. The Kier molecular flexibility index (Phi) is 8.56. The van der Waals surface area contributed by atoms with Crippen LogP contribution in [0.2, 0.25) is 0 Å². The number of hydrogen-bond donors (Lipinski definition) is 2. The molecule has 2 aromatic rings. The molecule has 30 heavy (non-hydrogen) atoms. The van der Waals surface area contributed by atoms with Gasteiger partial charge in [-0.15, -0.1) is 0 Å². The van der Waals surface area contributed by atoms with Crippen molar-refractivity contribution in [1.29, 1.82) is 0 Å². The Morgan fingerprint density at radius 3 is 2.07 bits per heavy atom. The van der Waals surface area contributed by atoms with Crippen LogP contribution < -0.4 is 10.6 Å². The lowest BCUT2D eigenvalue weighted by Crippen LogP contribution is -2.46. The van der Waals surface area contributed by atoms with E-state index in [4.69, 9.17) is 9.47 Å². The summed E-state index contributed by atoms with van der Waals surface area (Å²) < 4.78 is 10.1. The maximum atomic E-state index is 12.3. The Hall–Kier alpha value is -3.68. The van der Waals surface area contributed by atoms with Gasteiger partial charge in [0, 0.05) is 5.56 Å². The fourth-order valence-electron chi connectivity index (χ4n) is 2.44. The van der Waals surface area contributed by atoms with Crippen molar-refractivity contribution in [1.82, 2.24) is 10.6 Å². The summed E-state index contributed by atoms with van der Waals surface area (Å²) in [5.74, 6) is -2.48. The van der Waals surface area contributed by atoms with Crippen LogP contribution in [0.1, 0.15) is 29.8 Å². The van der Waals surface area contributed by atoms with Gasteiger partial charge in [0.25, 0.3) is 11.8 Å². The van der Waals surface area contributed by atoms with Crippen molar-refractivity contribution in [3.63, 3.8) is 0 Å². The number of hydrogen-bond acceptors (Lipinski definition) is 6. The van der Waals surface area contributed by atoms with E-state index < -0.39 is 36.5 Å². The SMILES string of the molecule is CC(C)[C@H](NC(=O)OCc1ccccc1)C(=O)OCC(=O)NC(=O)c1ccccc1. The second kappa shape index (κ2) is 11.4. The van der Waals surface area contributed by atoms with Crippen LogP contribution in [0.5, 0.6) is 0 Å². The molecule has 158 valence electrons. The number of ether oxygens (including phenoxy) is 2. The molecule has 0 radical (unpaired) electrons. The molecular weight excluding hydrogens is 388 g/mol. The zero-order valence-corrected chi connectivity index (χ0v) is 16.8. The van der Waals surface area contributed by atoms with Gasteiger partial charge in [-0.3, -0.25) is 14.9 Å². The number of benzene rings is 2. The number of esters is 1. The molecule has 0 spiro atoms. The van der Waals surface area contributed by atoms with E-state index in [2.05, 4.69) is 10.6 Å². The molecular formula is C22H24N2O6. The second-order valence-corrected chi connectivity index (χ2v) is 6.78. The second-order valence-electron chi connectivity index (χ2n) is 6.78. The summed E-state index contributed by atoms with van der Waals surface area (Å²) in [5.41, 5.74) is 1.11. The van der Waals surface area contributed by atoms with Gasteiger partial charge in [-0.25, -0.2) is 9.59 Å². The van der Waals surface area contributed by atoms with Crippen LogP contribution >= 0.6 is 0 Å². The lowest BCUT2D eigenvalue weighted by Gasteiger charge is -2.20. The third-order valence-electron chi connectivity index (χ3n) is 4.04. The summed E-state index contributed by atoms with van der Waals surface area (Å²) in [4.78, 5) is 48.1. The summed E-state index contributed by atoms with van der Waals surface area (Å²) in [6, 6.07) is 16.2. The van der Waals surface area contributed by atoms with Gasteiger partial charge in [0.1, 0.15) is 12.6 Å². The molecule has 8 heteroatoms. The lowest BCUT2D eigenvalue weighted by atomic mass is 10.1. The number of amides is 3. The van der Waals surface area contributed by atoms with Gasteiger partial charge in [-0.05, 0) is 23.6 Å². The Bertz CT molecular complexity index is 868. The van der Waals surface area contributed by atoms with Crippen molar-refractivity contribution in [2.75, 3.05) is 6.61 Å². The first-order valence-corrected chi connectivity index (χ1v) is 9.40. The number of nitrogens with one attached hydrogen (secondary N) is 2. The lowest BCUT2D eigenvalue weighted by molar-refractivity contribution is -0.151. The van der Waals surface area contributed by atoms with Crippen LogP contribution in [0.3, 0.4) is 0 Å². The average molecular weight is 412 g/mol. The van der Waals surface area contributed by atoms with E-state index in [-0.39, 0.29) is 12.5 Å².